The molecule has 18 heavy (non-hydrogen) atoms. The summed E-state index contributed by atoms with van der Waals surface area (Å²) in [4.78, 5) is 25.9. The summed E-state index contributed by atoms with van der Waals surface area (Å²) in [7, 11) is 0. The molecule has 0 radical (unpaired) electrons. The van der Waals surface area contributed by atoms with Crippen molar-refractivity contribution < 1.29 is 14.7 Å². The number of hydrogen-bond donors (Lipinski definition) is 2. The number of nitrogens with one attached hydrogen (secondary N) is 1. The van der Waals surface area contributed by atoms with Gasteiger partial charge in [-0.1, -0.05) is 6.07 Å². The van der Waals surface area contributed by atoms with E-state index in [2.05, 4.69) is 10.3 Å². The lowest BCUT2D eigenvalue weighted by molar-refractivity contribution is -0.140. The molecule has 0 saturated heterocycles. The molecular weight excluding hydrogens is 252 g/mol. The van der Waals surface area contributed by atoms with Crippen LogP contribution in [-0.2, 0) is 16.0 Å². The van der Waals surface area contributed by atoms with Crippen LogP contribution >= 0.6 is 11.8 Å². The topological polar surface area (TPSA) is 79.3 Å². The van der Waals surface area contributed by atoms with Gasteiger partial charge in [0.2, 0.25) is 5.91 Å². The Morgan fingerprint density at radius 3 is 2.83 bits per heavy atom. The second kappa shape index (κ2) is 7.71. The summed E-state index contributed by atoms with van der Waals surface area (Å²) in [5, 5.41) is 11.3. The van der Waals surface area contributed by atoms with E-state index in [4.69, 9.17) is 5.11 Å². The molecule has 1 aromatic heterocycles. The molecule has 1 atom stereocenters. The van der Waals surface area contributed by atoms with E-state index in [-0.39, 0.29) is 5.91 Å². The van der Waals surface area contributed by atoms with Crippen molar-refractivity contribution >= 4 is 23.6 Å². The van der Waals surface area contributed by atoms with E-state index < -0.39 is 12.0 Å². The van der Waals surface area contributed by atoms with Crippen LogP contribution < -0.4 is 5.32 Å². The van der Waals surface area contributed by atoms with Gasteiger partial charge >= 0.3 is 5.97 Å². The van der Waals surface area contributed by atoms with Gasteiger partial charge in [-0.2, -0.15) is 11.8 Å². The average Bonchev–Trinajstić information content (AvgIpc) is 2.33. The van der Waals surface area contributed by atoms with Crippen molar-refractivity contribution in [3.63, 3.8) is 0 Å². The average molecular weight is 268 g/mol. The number of carbonyl (C=O) groups is 2. The first-order chi connectivity index (χ1) is 8.59. The summed E-state index contributed by atoms with van der Waals surface area (Å²) in [6, 6.07) is 4.89. The minimum Gasteiger partial charge on any atom is -0.480 e. The van der Waals surface area contributed by atoms with Crippen LogP contribution in [-0.4, -0.2) is 39.5 Å². The summed E-state index contributed by atoms with van der Waals surface area (Å²) >= 11 is 1.49. The Kier molecular flexibility index (Phi) is 6.21. The zero-order chi connectivity index (χ0) is 13.4. The zero-order valence-electron chi connectivity index (χ0n) is 10.1. The lowest BCUT2D eigenvalue weighted by Crippen LogP contribution is -2.41. The van der Waals surface area contributed by atoms with Gasteiger partial charge in [0, 0.05) is 24.6 Å². The maximum absolute atomic E-state index is 10.9. The van der Waals surface area contributed by atoms with E-state index in [1.165, 1.54) is 18.7 Å². The van der Waals surface area contributed by atoms with E-state index in [0.29, 0.717) is 5.75 Å². The first-order valence-corrected chi connectivity index (χ1v) is 6.72. The van der Waals surface area contributed by atoms with Crippen molar-refractivity contribution in [1.82, 2.24) is 10.3 Å². The second-order valence-electron chi connectivity index (χ2n) is 3.74. The first-order valence-electron chi connectivity index (χ1n) is 5.57. The number of pyridine rings is 1. The third-order valence-corrected chi connectivity index (χ3v) is 3.25. The molecule has 0 aromatic carbocycles. The molecule has 0 aliphatic heterocycles. The standard InChI is InChI=1S/C12H16N2O3S/c1-9(15)14-11(12(16)17)8-18-7-5-10-4-2-3-6-13-10/h2-4,6,11H,5,7-8H2,1H3,(H,14,15)(H,16,17). The highest BCUT2D eigenvalue weighted by Gasteiger charge is 2.17. The number of aryl methyl sites for hydroxylation is 1. The third-order valence-electron chi connectivity index (χ3n) is 2.19. The van der Waals surface area contributed by atoms with Crippen LogP contribution in [0.3, 0.4) is 0 Å². The predicted octanol–water partition coefficient (Wildman–Crippen LogP) is 0.947. The molecule has 1 rings (SSSR count). The highest BCUT2D eigenvalue weighted by Crippen LogP contribution is 2.07. The molecule has 0 fully saturated rings. The number of amides is 1. The summed E-state index contributed by atoms with van der Waals surface area (Å²) in [6.07, 6.45) is 2.52. The van der Waals surface area contributed by atoms with E-state index in [1.54, 1.807) is 6.20 Å². The van der Waals surface area contributed by atoms with E-state index >= 15 is 0 Å². The van der Waals surface area contributed by atoms with Gasteiger partial charge in [-0.05, 0) is 24.3 Å². The molecule has 1 aromatic rings. The van der Waals surface area contributed by atoms with E-state index in [9.17, 15) is 9.59 Å². The summed E-state index contributed by atoms with van der Waals surface area (Å²) < 4.78 is 0. The molecule has 0 aliphatic rings. The molecule has 1 unspecified atom stereocenters. The minimum atomic E-state index is -1.00. The van der Waals surface area contributed by atoms with Crippen LogP contribution in [0.5, 0.6) is 0 Å². The van der Waals surface area contributed by atoms with Crippen LogP contribution in [0.25, 0.3) is 0 Å². The fourth-order valence-corrected chi connectivity index (χ4v) is 2.33. The van der Waals surface area contributed by atoms with Gasteiger partial charge in [-0.25, -0.2) is 4.79 Å². The Morgan fingerprint density at radius 2 is 2.28 bits per heavy atom. The van der Waals surface area contributed by atoms with Crippen LogP contribution in [0, 0.1) is 0 Å². The molecular formula is C12H16N2O3S. The highest BCUT2D eigenvalue weighted by molar-refractivity contribution is 7.99. The lowest BCUT2D eigenvalue weighted by Gasteiger charge is -2.12. The highest BCUT2D eigenvalue weighted by atomic mass is 32.2. The van der Waals surface area contributed by atoms with Gasteiger partial charge in [-0.3, -0.25) is 9.78 Å². The molecule has 2 N–H and O–H groups in total. The molecule has 5 nitrogen and oxygen atoms in total. The summed E-state index contributed by atoms with van der Waals surface area (Å²) in [6.45, 7) is 1.31. The Morgan fingerprint density at radius 1 is 1.50 bits per heavy atom. The number of nitrogens with zero attached hydrogens (tertiary/aromatic N) is 1. The van der Waals surface area contributed by atoms with Gasteiger partial charge in [0.25, 0.3) is 0 Å². The minimum absolute atomic E-state index is 0.326. The zero-order valence-corrected chi connectivity index (χ0v) is 10.9. The predicted molar refractivity (Wildman–Crippen MR) is 70.5 cm³/mol. The maximum atomic E-state index is 10.9. The summed E-state index contributed by atoms with van der Waals surface area (Å²) in [5.74, 6) is -0.189. The molecule has 0 spiro atoms. The van der Waals surface area contributed by atoms with Crippen LogP contribution in [0.1, 0.15) is 12.6 Å². The summed E-state index contributed by atoms with van der Waals surface area (Å²) in [5.41, 5.74) is 0.983. The number of aliphatic carboxylic acids is 1. The molecule has 6 heteroatoms. The van der Waals surface area contributed by atoms with Gasteiger partial charge in [0.15, 0.2) is 0 Å². The molecule has 0 aliphatic carbocycles. The largest absolute Gasteiger partial charge is 0.480 e. The quantitative estimate of drug-likeness (QED) is 0.720. The van der Waals surface area contributed by atoms with Crippen LogP contribution in [0.2, 0.25) is 0 Å². The van der Waals surface area contributed by atoms with Gasteiger partial charge in [0.1, 0.15) is 6.04 Å². The number of rotatable bonds is 7. The molecule has 0 saturated carbocycles. The second-order valence-corrected chi connectivity index (χ2v) is 4.89. The van der Waals surface area contributed by atoms with E-state index in [1.807, 2.05) is 18.2 Å². The number of carbonyl (C=O) groups excluding carboxylic acids is 1. The van der Waals surface area contributed by atoms with Crippen molar-refractivity contribution in [2.45, 2.75) is 19.4 Å². The SMILES string of the molecule is CC(=O)NC(CSCCc1ccccn1)C(=O)O. The number of carboxylic acid groups (broad SMARTS) is 1. The number of aromatic nitrogens is 1. The molecule has 1 amide bonds. The van der Waals surface area contributed by atoms with Crippen molar-refractivity contribution in [2.75, 3.05) is 11.5 Å². The lowest BCUT2D eigenvalue weighted by atomic mass is 10.3. The number of hydrogen-bond acceptors (Lipinski definition) is 4. The van der Waals surface area contributed by atoms with Crippen LogP contribution in [0.4, 0.5) is 0 Å². The molecule has 0 bridgehead atoms. The first kappa shape index (κ1) is 14.5. The molecule has 98 valence electrons. The van der Waals surface area contributed by atoms with Gasteiger partial charge < -0.3 is 10.4 Å². The Balaban J connectivity index is 2.27. The normalized spacial score (nSPS) is 11.8. The number of thioether (sulfide) groups is 1. The van der Waals surface area contributed by atoms with Crippen molar-refractivity contribution in [2.24, 2.45) is 0 Å². The van der Waals surface area contributed by atoms with Gasteiger partial charge in [-0.15, -0.1) is 0 Å². The Labute approximate surface area is 110 Å². The van der Waals surface area contributed by atoms with Crippen molar-refractivity contribution in [3.05, 3.63) is 30.1 Å². The smallest absolute Gasteiger partial charge is 0.327 e. The van der Waals surface area contributed by atoms with Crippen LogP contribution in [0.15, 0.2) is 24.4 Å². The fraction of sp³-hybridized carbons (Fsp3) is 0.417. The van der Waals surface area contributed by atoms with Crippen molar-refractivity contribution in [3.8, 4) is 0 Å². The Bertz CT molecular complexity index is 398. The third kappa shape index (κ3) is 5.67. The van der Waals surface area contributed by atoms with Crippen molar-refractivity contribution in [1.29, 1.82) is 0 Å². The van der Waals surface area contributed by atoms with E-state index in [0.717, 1.165) is 17.9 Å². The van der Waals surface area contributed by atoms with Gasteiger partial charge in [0.05, 0.1) is 0 Å². The monoisotopic (exact) mass is 268 g/mol. The number of carboxylic acids is 1. The fourth-order valence-electron chi connectivity index (χ4n) is 1.34. The molecule has 1 heterocycles. The Hall–Kier alpha value is -1.56. The maximum Gasteiger partial charge on any atom is 0.327 e.